The SMILES string of the molecule is c1ccc(-c2[nH]ncc2-c2nc(-c3ccccn3)no2)cc1. The normalized spacial score (nSPS) is 10.7. The van der Waals surface area contributed by atoms with Crippen LogP contribution in [0.1, 0.15) is 0 Å². The smallest absolute Gasteiger partial charge is 0.262 e. The zero-order chi connectivity index (χ0) is 14.8. The summed E-state index contributed by atoms with van der Waals surface area (Å²) < 4.78 is 5.36. The molecule has 0 atom stereocenters. The van der Waals surface area contributed by atoms with Crippen molar-refractivity contribution >= 4 is 0 Å². The second kappa shape index (κ2) is 5.25. The summed E-state index contributed by atoms with van der Waals surface area (Å²) in [5.41, 5.74) is 3.28. The highest BCUT2D eigenvalue weighted by atomic mass is 16.5. The molecular formula is C16H11N5O. The number of hydrogen-bond acceptors (Lipinski definition) is 5. The maximum atomic E-state index is 5.36. The summed E-state index contributed by atoms with van der Waals surface area (Å²) in [6, 6.07) is 15.4. The van der Waals surface area contributed by atoms with E-state index in [-0.39, 0.29) is 0 Å². The van der Waals surface area contributed by atoms with Gasteiger partial charge in [0.2, 0.25) is 5.82 Å². The van der Waals surface area contributed by atoms with Gasteiger partial charge in [0.15, 0.2) is 0 Å². The number of pyridine rings is 1. The Morgan fingerprint density at radius 2 is 1.82 bits per heavy atom. The number of aromatic amines is 1. The Bertz CT molecular complexity index is 883. The molecule has 0 bridgehead atoms. The highest BCUT2D eigenvalue weighted by Gasteiger charge is 2.17. The second-order valence-electron chi connectivity index (χ2n) is 4.66. The molecule has 0 saturated carbocycles. The van der Waals surface area contributed by atoms with Crippen molar-refractivity contribution in [1.29, 1.82) is 0 Å². The van der Waals surface area contributed by atoms with Crippen LogP contribution in [0.4, 0.5) is 0 Å². The molecule has 0 unspecified atom stereocenters. The number of rotatable bonds is 3. The number of benzene rings is 1. The van der Waals surface area contributed by atoms with Crippen LogP contribution in [-0.2, 0) is 0 Å². The summed E-state index contributed by atoms with van der Waals surface area (Å²) in [7, 11) is 0. The number of nitrogens with one attached hydrogen (secondary N) is 1. The van der Waals surface area contributed by atoms with Gasteiger partial charge in [-0.05, 0) is 12.1 Å². The Labute approximate surface area is 125 Å². The van der Waals surface area contributed by atoms with Crippen LogP contribution in [0, 0.1) is 0 Å². The van der Waals surface area contributed by atoms with Gasteiger partial charge in [-0.15, -0.1) is 0 Å². The molecule has 22 heavy (non-hydrogen) atoms. The number of aromatic nitrogens is 5. The highest BCUT2D eigenvalue weighted by Crippen LogP contribution is 2.29. The van der Waals surface area contributed by atoms with Crippen LogP contribution in [0.3, 0.4) is 0 Å². The molecule has 4 rings (SSSR count). The molecule has 0 saturated heterocycles. The zero-order valence-electron chi connectivity index (χ0n) is 11.5. The molecule has 106 valence electrons. The molecule has 1 aromatic carbocycles. The maximum absolute atomic E-state index is 5.36. The van der Waals surface area contributed by atoms with Crippen LogP contribution >= 0.6 is 0 Å². The Hall–Kier alpha value is -3.28. The van der Waals surface area contributed by atoms with Crippen LogP contribution in [-0.4, -0.2) is 25.3 Å². The van der Waals surface area contributed by atoms with Gasteiger partial charge >= 0.3 is 0 Å². The van der Waals surface area contributed by atoms with E-state index in [9.17, 15) is 0 Å². The predicted octanol–water partition coefficient (Wildman–Crippen LogP) is 3.19. The van der Waals surface area contributed by atoms with Gasteiger partial charge in [-0.3, -0.25) is 10.1 Å². The van der Waals surface area contributed by atoms with Gasteiger partial charge in [0, 0.05) is 11.8 Å². The lowest BCUT2D eigenvalue weighted by Gasteiger charge is -1.98. The average Bonchev–Trinajstić information content (AvgIpc) is 3.25. The van der Waals surface area contributed by atoms with E-state index in [0.717, 1.165) is 16.8 Å². The van der Waals surface area contributed by atoms with Crippen LogP contribution in [0.5, 0.6) is 0 Å². The van der Waals surface area contributed by atoms with Crippen molar-refractivity contribution in [2.75, 3.05) is 0 Å². The third kappa shape index (κ3) is 2.16. The first kappa shape index (κ1) is 12.5. The number of hydrogen-bond donors (Lipinski definition) is 1. The standard InChI is InChI=1S/C16H11N5O/c1-2-6-11(7-3-1)14-12(10-18-20-14)16-19-15(21-22-16)13-8-4-5-9-17-13/h1-10H,(H,18,20). The van der Waals surface area contributed by atoms with Gasteiger partial charge < -0.3 is 4.52 Å². The van der Waals surface area contributed by atoms with E-state index in [1.54, 1.807) is 12.4 Å². The van der Waals surface area contributed by atoms with Crippen LogP contribution < -0.4 is 0 Å². The van der Waals surface area contributed by atoms with Crippen molar-refractivity contribution in [2.45, 2.75) is 0 Å². The van der Waals surface area contributed by atoms with Gasteiger partial charge in [-0.2, -0.15) is 10.1 Å². The number of nitrogens with zero attached hydrogens (tertiary/aromatic N) is 4. The zero-order valence-corrected chi connectivity index (χ0v) is 11.5. The van der Waals surface area contributed by atoms with Gasteiger partial charge in [0.1, 0.15) is 5.69 Å². The predicted molar refractivity (Wildman–Crippen MR) is 80.5 cm³/mol. The first-order chi connectivity index (χ1) is 10.9. The molecule has 0 spiro atoms. The Morgan fingerprint density at radius 3 is 2.64 bits per heavy atom. The fraction of sp³-hybridized carbons (Fsp3) is 0. The van der Waals surface area contributed by atoms with E-state index in [0.29, 0.717) is 17.4 Å². The molecule has 0 fully saturated rings. The van der Waals surface area contributed by atoms with Crippen molar-refractivity contribution in [3.63, 3.8) is 0 Å². The summed E-state index contributed by atoms with van der Waals surface area (Å²) in [6.07, 6.45) is 3.37. The molecule has 0 aliphatic carbocycles. The van der Waals surface area contributed by atoms with Crippen molar-refractivity contribution in [3.05, 3.63) is 60.9 Å². The van der Waals surface area contributed by atoms with Crippen molar-refractivity contribution in [2.24, 2.45) is 0 Å². The van der Waals surface area contributed by atoms with Gasteiger partial charge in [0.05, 0.1) is 17.5 Å². The minimum atomic E-state index is 0.410. The maximum Gasteiger partial charge on any atom is 0.262 e. The van der Waals surface area contributed by atoms with E-state index < -0.39 is 0 Å². The first-order valence-electron chi connectivity index (χ1n) is 6.76. The second-order valence-corrected chi connectivity index (χ2v) is 4.66. The molecule has 0 aliphatic rings. The van der Waals surface area contributed by atoms with Gasteiger partial charge in [-0.25, -0.2) is 0 Å². The Kier molecular flexibility index (Phi) is 2.97. The minimum absolute atomic E-state index is 0.410. The van der Waals surface area contributed by atoms with E-state index in [1.807, 2.05) is 48.5 Å². The molecule has 3 heterocycles. The van der Waals surface area contributed by atoms with E-state index in [1.165, 1.54) is 0 Å². The van der Waals surface area contributed by atoms with E-state index in [2.05, 4.69) is 25.3 Å². The average molecular weight is 289 g/mol. The van der Waals surface area contributed by atoms with Crippen molar-refractivity contribution in [1.82, 2.24) is 25.3 Å². The summed E-state index contributed by atoms with van der Waals surface area (Å²) in [5, 5.41) is 11.1. The molecule has 0 amide bonds. The number of H-pyrrole nitrogens is 1. The van der Waals surface area contributed by atoms with E-state index in [4.69, 9.17) is 4.52 Å². The topological polar surface area (TPSA) is 80.5 Å². The van der Waals surface area contributed by atoms with Crippen LogP contribution in [0.25, 0.3) is 34.2 Å². The Balaban J connectivity index is 1.76. The van der Waals surface area contributed by atoms with Crippen LogP contribution in [0.2, 0.25) is 0 Å². The molecular weight excluding hydrogens is 278 g/mol. The van der Waals surface area contributed by atoms with Crippen molar-refractivity contribution in [3.8, 4) is 34.2 Å². The third-order valence-electron chi connectivity index (χ3n) is 3.25. The monoisotopic (exact) mass is 289 g/mol. The summed E-state index contributed by atoms with van der Waals surface area (Å²) in [5.74, 6) is 0.865. The molecule has 6 nitrogen and oxygen atoms in total. The fourth-order valence-electron chi connectivity index (χ4n) is 2.21. The fourth-order valence-corrected chi connectivity index (χ4v) is 2.21. The molecule has 1 N–H and O–H groups in total. The molecule has 3 aromatic heterocycles. The van der Waals surface area contributed by atoms with E-state index >= 15 is 0 Å². The summed E-state index contributed by atoms with van der Waals surface area (Å²) >= 11 is 0. The van der Waals surface area contributed by atoms with Gasteiger partial charge in [-0.1, -0.05) is 41.6 Å². The highest BCUT2D eigenvalue weighted by molar-refractivity contribution is 5.76. The first-order valence-corrected chi connectivity index (χ1v) is 6.76. The molecule has 4 aromatic rings. The minimum Gasteiger partial charge on any atom is -0.333 e. The molecule has 0 aliphatic heterocycles. The third-order valence-corrected chi connectivity index (χ3v) is 3.25. The quantitative estimate of drug-likeness (QED) is 0.626. The van der Waals surface area contributed by atoms with Gasteiger partial charge in [0.25, 0.3) is 5.89 Å². The molecule has 0 radical (unpaired) electrons. The largest absolute Gasteiger partial charge is 0.333 e. The lowest BCUT2D eigenvalue weighted by atomic mass is 10.1. The van der Waals surface area contributed by atoms with Crippen LogP contribution in [0.15, 0.2) is 65.4 Å². The molecule has 6 heteroatoms. The van der Waals surface area contributed by atoms with Crippen molar-refractivity contribution < 1.29 is 4.52 Å². The summed E-state index contributed by atoms with van der Waals surface area (Å²) in [6.45, 7) is 0. The summed E-state index contributed by atoms with van der Waals surface area (Å²) in [4.78, 5) is 8.62. The Morgan fingerprint density at radius 1 is 0.955 bits per heavy atom. The lowest BCUT2D eigenvalue weighted by molar-refractivity contribution is 0.432. The lowest BCUT2D eigenvalue weighted by Crippen LogP contribution is -1.85.